The molecular weight excluding hydrogens is 375 g/mol. The summed E-state index contributed by atoms with van der Waals surface area (Å²) >= 11 is 2.73. The van der Waals surface area contributed by atoms with Crippen molar-refractivity contribution in [2.75, 3.05) is 11.1 Å². The van der Waals surface area contributed by atoms with Gasteiger partial charge < -0.3 is 5.32 Å². The fourth-order valence-corrected chi connectivity index (χ4v) is 4.49. The number of hydrogen-bond donors (Lipinski definition) is 1. The number of halogens is 1. The smallest absolute Gasteiger partial charge is 0.236 e. The van der Waals surface area contributed by atoms with E-state index in [1.165, 1.54) is 39.9 Å². The van der Waals surface area contributed by atoms with Crippen LogP contribution in [0.1, 0.15) is 23.4 Å². The van der Waals surface area contributed by atoms with Gasteiger partial charge in [0.2, 0.25) is 11.1 Å². The van der Waals surface area contributed by atoms with Gasteiger partial charge in [-0.05, 0) is 54.3 Å². The number of hydrogen-bond acceptors (Lipinski definition) is 7. The Hall–Kier alpha value is -2.33. The van der Waals surface area contributed by atoms with E-state index < -0.39 is 0 Å². The molecule has 10 heteroatoms. The van der Waals surface area contributed by atoms with Crippen molar-refractivity contribution in [3.63, 3.8) is 0 Å². The molecule has 0 saturated heterocycles. The van der Waals surface area contributed by atoms with E-state index >= 15 is 0 Å². The lowest BCUT2D eigenvalue weighted by Crippen LogP contribution is -2.14. The quantitative estimate of drug-likeness (QED) is 0.674. The molecule has 1 aliphatic carbocycles. The molecule has 0 radical (unpaired) electrons. The van der Waals surface area contributed by atoms with Crippen molar-refractivity contribution in [3.05, 3.63) is 40.7 Å². The van der Waals surface area contributed by atoms with Crippen LogP contribution >= 0.6 is 23.1 Å². The van der Waals surface area contributed by atoms with Crippen molar-refractivity contribution in [2.24, 2.45) is 0 Å². The summed E-state index contributed by atoms with van der Waals surface area (Å²) in [5.74, 6) is -0.408. The third kappa shape index (κ3) is 3.75. The van der Waals surface area contributed by atoms with E-state index in [2.05, 4.69) is 25.8 Å². The van der Waals surface area contributed by atoms with E-state index in [1.54, 1.807) is 23.5 Å². The fraction of sp³-hybridized carbons (Fsp3) is 0.312. The molecule has 0 fully saturated rings. The fourth-order valence-electron chi connectivity index (χ4n) is 2.73. The number of amides is 1. The molecule has 0 unspecified atom stereocenters. The van der Waals surface area contributed by atoms with Gasteiger partial charge in [-0.1, -0.05) is 17.8 Å². The predicted molar refractivity (Wildman–Crippen MR) is 97.2 cm³/mol. The number of aromatic nitrogens is 5. The molecule has 1 aromatic carbocycles. The number of nitrogens with one attached hydrogen (secondary N) is 1. The zero-order valence-electron chi connectivity index (χ0n) is 13.7. The molecule has 4 rings (SSSR count). The van der Waals surface area contributed by atoms with Crippen LogP contribution in [0.15, 0.2) is 29.4 Å². The molecule has 7 nitrogen and oxygen atoms in total. The molecule has 2 heterocycles. The third-order valence-electron chi connectivity index (χ3n) is 3.92. The summed E-state index contributed by atoms with van der Waals surface area (Å²) < 4.78 is 14.8. The lowest BCUT2D eigenvalue weighted by molar-refractivity contribution is -0.113. The Kier molecular flexibility index (Phi) is 4.93. The number of aryl methyl sites for hydroxylation is 2. The number of benzene rings is 1. The Labute approximate surface area is 157 Å². The number of tetrazole rings is 1. The van der Waals surface area contributed by atoms with Crippen LogP contribution in [0, 0.1) is 5.82 Å². The number of fused-ring (bicyclic) bond motifs is 1. The molecule has 2 aromatic heterocycles. The van der Waals surface area contributed by atoms with Gasteiger partial charge in [-0.25, -0.2) is 9.37 Å². The predicted octanol–water partition coefficient (Wildman–Crippen LogP) is 2.87. The first kappa shape index (κ1) is 17.1. The second-order valence-electron chi connectivity index (χ2n) is 5.79. The normalized spacial score (nSPS) is 13.4. The highest BCUT2D eigenvalue weighted by Crippen LogP contribution is 2.29. The molecule has 1 aliphatic rings. The van der Waals surface area contributed by atoms with E-state index in [0.717, 1.165) is 25.0 Å². The number of carbonyl (C=O) groups is 1. The molecular formula is C16H15FN6OS2. The molecule has 0 spiro atoms. The molecule has 0 saturated carbocycles. The average Bonchev–Trinajstić information content (AvgIpc) is 3.26. The van der Waals surface area contributed by atoms with Crippen molar-refractivity contribution >= 4 is 34.1 Å². The Morgan fingerprint density at radius 1 is 1.35 bits per heavy atom. The van der Waals surface area contributed by atoms with E-state index in [0.29, 0.717) is 16.0 Å². The molecule has 1 N–H and O–H groups in total. The topological polar surface area (TPSA) is 85.6 Å². The molecule has 26 heavy (non-hydrogen) atoms. The highest BCUT2D eigenvalue weighted by molar-refractivity contribution is 7.99. The van der Waals surface area contributed by atoms with Crippen molar-refractivity contribution in [2.45, 2.75) is 30.8 Å². The molecule has 0 bridgehead atoms. The number of carbonyl (C=O) groups excluding carboxylic acids is 1. The van der Waals surface area contributed by atoms with Gasteiger partial charge in [-0.2, -0.15) is 4.68 Å². The highest BCUT2D eigenvalue weighted by Gasteiger charge is 2.17. The Balaban J connectivity index is 1.39. The summed E-state index contributed by atoms with van der Waals surface area (Å²) in [5, 5.41) is 15.3. The van der Waals surface area contributed by atoms with Crippen LogP contribution in [0.25, 0.3) is 5.69 Å². The second kappa shape index (κ2) is 7.50. The van der Waals surface area contributed by atoms with Gasteiger partial charge in [0.1, 0.15) is 5.82 Å². The lowest BCUT2D eigenvalue weighted by atomic mass is 10.0. The number of thiazole rings is 1. The van der Waals surface area contributed by atoms with Crippen LogP contribution in [0.5, 0.6) is 0 Å². The number of anilines is 1. The molecule has 0 aliphatic heterocycles. The van der Waals surface area contributed by atoms with Crippen LogP contribution in [0.2, 0.25) is 0 Å². The van der Waals surface area contributed by atoms with Gasteiger partial charge in [0.25, 0.3) is 0 Å². The summed E-state index contributed by atoms with van der Waals surface area (Å²) in [6.45, 7) is 0. The minimum absolute atomic E-state index is 0.139. The number of rotatable bonds is 5. The van der Waals surface area contributed by atoms with Gasteiger partial charge in [0, 0.05) is 4.88 Å². The largest absolute Gasteiger partial charge is 0.301 e. The lowest BCUT2D eigenvalue weighted by Gasteiger charge is -2.06. The van der Waals surface area contributed by atoms with Gasteiger partial charge >= 0.3 is 0 Å². The Morgan fingerprint density at radius 2 is 2.23 bits per heavy atom. The number of nitrogens with zero attached hydrogens (tertiary/aromatic N) is 5. The first-order valence-corrected chi connectivity index (χ1v) is 9.95. The van der Waals surface area contributed by atoms with E-state index in [1.807, 2.05) is 0 Å². The van der Waals surface area contributed by atoms with Gasteiger partial charge in [-0.3, -0.25) is 4.79 Å². The van der Waals surface area contributed by atoms with Crippen LogP contribution in [0.3, 0.4) is 0 Å². The summed E-state index contributed by atoms with van der Waals surface area (Å²) in [5.41, 5.74) is 1.62. The average molecular weight is 390 g/mol. The van der Waals surface area contributed by atoms with Crippen molar-refractivity contribution in [1.82, 2.24) is 25.2 Å². The molecule has 134 valence electrons. The van der Waals surface area contributed by atoms with E-state index in [9.17, 15) is 9.18 Å². The molecule has 1 amide bonds. The van der Waals surface area contributed by atoms with E-state index in [-0.39, 0.29) is 17.5 Å². The third-order valence-corrected chi connectivity index (χ3v) is 5.91. The molecule has 0 atom stereocenters. The summed E-state index contributed by atoms with van der Waals surface area (Å²) in [6, 6.07) is 5.96. The second-order valence-corrected chi connectivity index (χ2v) is 7.81. The van der Waals surface area contributed by atoms with Crippen LogP contribution in [0.4, 0.5) is 9.52 Å². The minimum Gasteiger partial charge on any atom is -0.301 e. The van der Waals surface area contributed by atoms with Crippen LogP contribution < -0.4 is 5.32 Å². The minimum atomic E-state index is -0.376. The maximum absolute atomic E-state index is 13.4. The zero-order valence-corrected chi connectivity index (χ0v) is 15.3. The molecule has 3 aromatic rings. The standard InChI is InChI=1S/C16H15FN6OS2/c17-10-4-3-5-11(8-10)23-16(20-21-22-23)25-9-14(24)19-15-18-12-6-1-2-7-13(12)26-15/h3-5,8H,1-2,6-7,9H2,(H,18,19,24). The van der Waals surface area contributed by atoms with Gasteiger partial charge in [0.05, 0.1) is 17.1 Å². The maximum Gasteiger partial charge on any atom is 0.236 e. The summed E-state index contributed by atoms with van der Waals surface area (Å²) in [7, 11) is 0. The van der Waals surface area contributed by atoms with Crippen LogP contribution in [-0.4, -0.2) is 36.9 Å². The van der Waals surface area contributed by atoms with Crippen LogP contribution in [-0.2, 0) is 17.6 Å². The van der Waals surface area contributed by atoms with Gasteiger partial charge in [0.15, 0.2) is 5.13 Å². The zero-order chi connectivity index (χ0) is 17.9. The SMILES string of the molecule is O=C(CSc1nnnn1-c1cccc(F)c1)Nc1nc2c(s1)CCCC2. The Morgan fingerprint density at radius 3 is 3.08 bits per heavy atom. The summed E-state index contributed by atoms with van der Waals surface area (Å²) in [4.78, 5) is 18.0. The Bertz CT molecular complexity index is 917. The summed E-state index contributed by atoms with van der Waals surface area (Å²) in [6.07, 6.45) is 4.36. The number of thioether (sulfide) groups is 1. The monoisotopic (exact) mass is 390 g/mol. The van der Waals surface area contributed by atoms with E-state index in [4.69, 9.17) is 0 Å². The highest BCUT2D eigenvalue weighted by atomic mass is 32.2. The van der Waals surface area contributed by atoms with Crippen molar-refractivity contribution in [1.29, 1.82) is 0 Å². The van der Waals surface area contributed by atoms with Crippen molar-refractivity contribution < 1.29 is 9.18 Å². The first-order valence-electron chi connectivity index (χ1n) is 8.14. The first-order chi connectivity index (χ1) is 12.7. The van der Waals surface area contributed by atoms with Gasteiger partial charge in [-0.15, -0.1) is 16.4 Å². The van der Waals surface area contributed by atoms with Crippen molar-refractivity contribution in [3.8, 4) is 5.69 Å². The maximum atomic E-state index is 13.4.